The summed E-state index contributed by atoms with van der Waals surface area (Å²) in [4.78, 5) is 10.7. The second kappa shape index (κ2) is 4.37. The highest BCUT2D eigenvalue weighted by Crippen LogP contribution is 2.14. The molecule has 0 spiro atoms. The summed E-state index contributed by atoms with van der Waals surface area (Å²) < 4.78 is 7.21. The maximum Gasteiger partial charge on any atom is 0.166 e. The van der Waals surface area contributed by atoms with E-state index in [1.165, 1.54) is 0 Å². The second-order valence-electron chi connectivity index (χ2n) is 3.63. The number of aliphatic hydroxyl groups excluding tert-OH is 1. The molecular weight excluding hydrogens is 206 g/mol. The SMILES string of the molecule is Cn1c(C=O)ccc1Cc1ccc(CO)o1. The smallest absolute Gasteiger partial charge is 0.166 e. The lowest BCUT2D eigenvalue weighted by Gasteiger charge is -2.02. The number of hydrogen-bond donors (Lipinski definition) is 1. The molecule has 16 heavy (non-hydrogen) atoms. The van der Waals surface area contributed by atoms with Crippen LogP contribution in [0.1, 0.15) is 27.7 Å². The minimum Gasteiger partial charge on any atom is -0.463 e. The third kappa shape index (κ3) is 1.92. The monoisotopic (exact) mass is 219 g/mol. The van der Waals surface area contributed by atoms with Gasteiger partial charge in [-0.3, -0.25) is 4.79 Å². The molecule has 2 rings (SSSR count). The zero-order valence-corrected chi connectivity index (χ0v) is 9.01. The fourth-order valence-corrected chi connectivity index (χ4v) is 1.65. The van der Waals surface area contributed by atoms with E-state index in [1.54, 1.807) is 12.1 Å². The van der Waals surface area contributed by atoms with Crippen molar-refractivity contribution in [2.45, 2.75) is 13.0 Å². The molecule has 0 saturated carbocycles. The fourth-order valence-electron chi connectivity index (χ4n) is 1.65. The molecule has 0 bridgehead atoms. The van der Waals surface area contributed by atoms with Crippen LogP contribution >= 0.6 is 0 Å². The highest BCUT2D eigenvalue weighted by atomic mass is 16.4. The Morgan fingerprint density at radius 1 is 1.31 bits per heavy atom. The summed E-state index contributed by atoms with van der Waals surface area (Å²) >= 11 is 0. The Kier molecular flexibility index (Phi) is 2.92. The van der Waals surface area contributed by atoms with E-state index in [9.17, 15) is 4.79 Å². The molecule has 2 aromatic rings. The molecule has 4 nitrogen and oxygen atoms in total. The Bertz CT molecular complexity index is 496. The molecule has 0 aromatic carbocycles. The van der Waals surface area contributed by atoms with Gasteiger partial charge in [-0.25, -0.2) is 0 Å². The number of furan rings is 1. The summed E-state index contributed by atoms with van der Waals surface area (Å²) in [5.41, 5.74) is 1.64. The molecule has 0 saturated heterocycles. The predicted molar refractivity (Wildman–Crippen MR) is 58.2 cm³/mol. The van der Waals surface area contributed by atoms with Crippen LogP contribution in [-0.4, -0.2) is 16.0 Å². The van der Waals surface area contributed by atoms with Crippen LogP contribution in [0.2, 0.25) is 0 Å². The molecule has 0 atom stereocenters. The zero-order valence-electron chi connectivity index (χ0n) is 9.01. The molecule has 0 fully saturated rings. The number of aromatic nitrogens is 1. The van der Waals surface area contributed by atoms with Crippen LogP contribution in [0.4, 0.5) is 0 Å². The second-order valence-corrected chi connectivity index (χ2v) is 3.63. The molecule has 0 unspecified atom stereocenters. The van der Waals surface area contributed by atoms with Crippen LogP contribution in [0.25, 0.3) is 0 Å². The predicted octanol–water partition coefficient (Wildman–Crippen LogP) is 1.51. The Morgan fingerprint density at radius 3 is 2.62 bits per heavy atom. The van der Waals surface area contributed by atoms with Gasteiger partial charge in [-0.05, 0) is 24.3 Å². The van der Waals surface area contributed by atoms with Gasteiger partial charge in [0.25, 0.3) is 0 Å². The third-order valence-electron chi connectivity index (χ3n) is 2.61. The largest absolute Gasteiger partial charge is 0.463 e. The normalized spacial score (nSPS) is 10.6. The first-order chi connectivity index (χ1) is 7.74. The number of aliphatic hydroxyl groups is 1. The Labute approximate surface area is 93.1 Å². The van der Waals surface area contributed by atoms with Gasteiger partial charge in [-0.1, -0.05) is 0 Å². The van der Waals surface area contributed by atoms with E-state index in [1.807, 2.05) is 23.7 Å². The highest BCUT2D eigenvalue weighted by molar-refractivity contribution is 5.72. The number of aldehydes is 1. The lowest BCUT2D eigenvalue weighted by atomic mass is 10.2. The average molecular weight is 219 g/mol. The summed E-state index contributed by atoms with van der Waals surface area (Å²) in [6.07, 6.45) is 1.44. The molecule has 0 aliphatic carbocycles. The number of hydrogen-bond acceptors (Lipinski definition) is 3. The lowest BCUT2D eigenvalue weighted by Crippen LogP contribution is -2.00. The van der Waals surface area contributed by atoms with Crippen LogP contribution < -0.4 is 0 Å². The lowest BCUT2D eigenvalue weighted by molar-refractivity contribution is 0.111. The average Bonchev–Trinajstić information content (AvgIpc) is 2.88. The Morgan fingerprint density at radius 2 is 2.06 bits per heavy atom. The third-order valence-corrected chi connectivity index (χ3v) is 2.61. The standard InChI is InChI=1S/C12H13NO3/c1-13-9(2-3-10(13)7-14)6-11-4-5-12(8-15)16-11/h2-5,7,15H,6,8H2,1H3. The fraction of sp³-hybridized carbons (Fsp3) is 0.250. The zero-order chi connectivity index (χ0) is 11.5. The minimum absolute atomic E-state index is 0.0906. The minimum atomic E-state index is -0.0906. The van der Waals surface area contributed by atoms with Crippen molar-refractivity contribution in [2.24, 2.45) is 7.05 Å². The maximum absolute atomic E-state index is 10.7. The molecule has 0 radical (unpaired) electrons. The van der Waals surface area contributed by atoms with Crippen LogP contribution in [0.5, 0.6) is 0 Å². The molecule has 84 valence electrons. The van der Waals surface area contributed by atoms with Crippen molar-refractivity contribution in [3.63, 3.8) is 0 Å². The van der Waals surface area contributed by atoms with Crippen molar-refractivity contribution in [1.82, 2.24) is 4.57 Å². The number of rotatable bonds is 4. The van der Waals surface area contributed by atoms with Crippen molar-refractivity contribution >= 4 is 6.29 Å². The van der Waals surface area contributed by atoms with Gasteiger partial charge in [0.15, 0.2) is 6.29 Å². The summed E-state index contributed by atoms with van der Waals surface area (Å²) in [5, 5.41) is 8.87. The molecule has 4 heteroatoms. The molecule has 0 aliphatic heterocycles. The van der Waals surface area contributed by atoms with E-state index < -0.39 is 0 Å². The molecule has 0 aliphatic rings. The number of carbonyl (C=O) groups excluding carboxylic acids is 1. The van der Waals surface area contributed by atoms with Crippen molar-refractivity contribution < 1.29 is 14.3 Å². The topological polar surface area (TPSA) is 55.4 Å². The number of carbonyl (C=O) groups is 1. The first kappa shape index (κ1) is 10.7. The van der Waals surface area contributed by atoms with E-state index in [0.29, 0.717) is 17.9 Å². The van der Waals surface area contributed by atoms with Crippen LogP contribution in [0, 0.1) is 0 Å². The van der Waals surface area contributed by atoms with Crippen molar-refractivity contribution in [3.05, 3.63) is 47.2 Å². The van der Waals surface area contributed by atoms with Gasteiger partial charge >= 0.3 is 0 Å². The van der Waals surface area contributed by atoms with Crippen molar-refractivity contribution in [3.8, 4) is 0 Å². The van der Waals surface area contributed by atoms with Crippen LogP contribution in [0.3, 0.4) is 0 Å². The maximum atomic E-state index is 10.7. The van der Waals surface area contributed by atoms with Gasteiger partial charge in [0.1, 0.15) is 18.1 Å². The van der Waals surface area contributed by atoms with Gasteiger partial charge in [0.2, 0.25) is 0 Å². The van der Waals surface area contributed by atoms with E-state index in [4.69, 9.17) is 9.52 Å². The van der Waals surface area contributed by atoms with E-state index in [0.717, 1.165) is 17.7 Å². The van der Waals surface area contributed by atoms with E-state index >= 15 is 0 Å². The Hall–Kier alpha value is -1.81. The summed E-state index contributed by atoms with van der Waals surface area (Å²) in [7, 11) is 1.84. The molecule has 2 aromatic heterocycles. The van der Waals surface area contributed by atoms with Crippen LogP contribution in [0.15, 0.2) is 28.7 Å². The van der Waals surface area contributed by atoms with E-state index in [2.05, 4.69) is 0 Å². The van der Waals surface area contributed by atoms with E-state index in [-0.39, 0.29) is 6.61 Å². The summed E-state index contributed by atoms with van der Waals surface area (Å²) in [5.74, 6) is 1.34. The van der Waals surface area contributed by atoms with Crippen molar-refractivity contribution in [1.29, 1.82) is 0 Å². The van der Waals surface area contributed by atoms with Gasteiger partial charge in [-0.2, -0.15) is 0 Å². The van der Waals surface area contributed by atoms with Gasteiger partial charge < -0.3 is 14.1 Å². The van der Waals surface area contributed by atoms with Gasteiger partial charge in [0.05, 0.1) is 5.69 Å². The van der Waals surface area contributed by atoms with Gasteiger partial charge in [-0.15, -0.1) is 0 Å². The molecule has 1 N–H and O–H groups in total. The molecular formula is C12H13NO3. The quantitative estimate of drug-likeness (QED) is 0.793. The summed E-state index contributed by atoms with van der Waals surface area (Å²) in [6, 6.07) is 7.25. The Balaban J connectivity index is 2.20. The van der Waals surface area contributed by atoms with Crippen molar-refractivity contribution in [2.75, 3.05) is 0 Å². The highest BCUT2D eigenvalue weighted by Gasteiger charge is 2.07. The molecule has 2 heterocycles. The first-order valence-electron chi connectivity index (χ1n) is 5.03. The summed E-state index contributed by atoms with van der Waals surface area (Å²) in [6.45, 7) is -0.0906. The van der Waals surface area contributed by atoms with Gasteiger partial charge in [0, 0.05) is 19.2 Å². The molecule has 0 amide bonds. The van der Waals surface area contributed by atoms with Crippen LogP contribution in [-0.2, 0) is 20.1 Å². The number of nitrogens with zero attached hydrogens (tertiary/aromatic N) is 1. The first-order valence-corrected chi connectivity index (χ1v) is 5.03.